The molecule has 0 aliphatic heterocycles. The number of pyridine rings is 1. The highest BCUT2D eigenvalue weighted by Gasteiger charge is 2.12. The number of nitrogens with zero attached hydrogens (tertiary/aromatic N) is 3. The number of aromatic nitrogens is 3. The summed E-state index contributed by atoms with van der Waals surface area (Å²) in [5.41, 5.74) is 1.68. The number of ether oxygens (including phenoxy) is 1. The van der Waals surface area contributed by atoms with Crippen LogP contribution in [0.2, 0.25) is 10.2 Å². The van der Waals surface area contributed by atoms with Crippen LogP contribution in [0.3, 0.4) is 0 Å². The third-order valence-electron chi connectivity index (χ3n) is 2.53. The summed E-state index contributed by atoms with van der Waals surface area (Å²) in [6.45, 7) is 5.00. The fourth-order valence-corrected chi connectivity index (χ4v) is 1.91. The molecule has 2 aromatic heterocycles. The van der Waals surface area contributed by atoms with Crippen molar-refractivity contribution in [3.63, 3.8) is 0 Å². The second-order valence-corrected chi connectivity index (χ2v) is 4.53. The predicted molar refractivity (Wildman–Crippen MR) is 71.2 cm³/mol. The van der Waals surface area contributed by atoms with Gasteiger partial charge in [0, 0.05) is 6.54 Å². The van der Waals surface area contributed by atoms with Crippen molar-refractivity contribution >= 4 is 23.2 Å². The Morgan fingerprint density at radius 2 is 2.11 bits per heavy atom. The van der Waals surface area contributed by atoms with Crippen molar-refractivity contribution < 1.29 is 4.74 Å². The number of aryl methyl sites for hydroxylation is 2. The first-order valence-corrected chi connectivity index (χ1v) is 6.33. The minimum Gasteiger partial charge on any atom is -0.486 e. The molecule has 0 radical (unpaired) electrons. The van der Waals surface area contributed by atoms with Gasteiger partial charge in [0.25, 0.3) is 0 Å². The summed E-state index contributed by atoms with van der Waals surface area (Å²) in [6, 6.07) is 3.45. The number of rotatable bonds is 4. The lowest BCUT2D eigenvalue weighted by molar-refractivity contribution is 0.291. The molecular weight excluding hydrogens is 273 g/mol. The molecule has 0 unspecified atom stereocenters. The number of hydrogen-bond acceptors (Lipinski definition) is 3. The molecule has 2 aromatic rings. The molecule has 18 heavy (non-hydrogen) atoms. The fraction of sp³-hybridized carbons (Fsp3) is 0.333. The van der Waals surface area contributed by atoms with Gasteiger partial charge in [-0.05, 0) is 26.0 Å². The molecule has 0 saturated carbocycles. The van der Waals surface area contributed by atoms with Crippen molar-refractivity contribution in [2.75, 3.05) is 0 Å². The standard InChI is InChI=1S/C12H13Cl2N3O/c1-3-17-10(12(14)8(2)16-17)7-18-9-4-5-11(13)15-6-9/h4-6H,3,7H2,1-2H3. The van der Waals surface area contributed by atoms with Crippen LogP contribution in [0.5, 0.6) is 5.75 Å². The maximum atomic E-state index is 6.18. The molecule has 0 aromatic carbocycles. The lowest BCUT2D eigenvalue weighted by atomic mass is 10.3. The topological polar surface area (TPSA) is 39.9 Å². The monoisotopic (exact) mass is 285 g/mol. The van der Waals surface area contributed by atoms with Crippen LogP contribution in [0.1, 0.15) is 18.3 Å². The molecule has 0 bridgehead atoms. The van der Waals surface area contributed by atoms with E-state index in [1.54, 1.807) is 18.3 Å². The van der Waals surface area contributed by atoms with E-state index in [0.29, 0.717) is 22.5 Å². The summed E-state index contributed by atoms with van der Waals surface area (Å²) in [5, 5.41) is 5.41. The van der Waals surface area contributed by atoms with Crippen molar-refractivity contribution in [2.24, 2.45) is 0 Å². The van der Waals surface area contributed by atoms with Crippen LogP contribution >= 0.6 is 23.2 Å². The highest BCUT2D eigenvalue weighted by molar-refractivity contribution is 6.31. The molecule has 0 fully saturated rings. The van der Waals surface area contributed by atoms with E-state index in [2.05, 4.69) is 10.1 Å². The zero-order chi connectivity index (χ0) is 13.1. The van der Waals surface area contributed by atoms with E-state index in [4.69, 9.17) is 27.9 Å². The maximum absolute atomic E-state index is 6.18. The molecule has 0 atom stereocenters. The van der Waals surface area contributed by atoms with Crippen molar-refractivity contribution in [1.82, 2.24) is 14.8 Å². The molecule has 0 amide bonds. The van der Waals surface area contributed by atoms with E-state index in [-0.39, 0.29) is 0 Å². The van der Waals surface area contributed by atoms with Gasteiger partial charge in [0.05, 0.1) is 22.6 Å². The fourth-order valence-electron chi connectivity index (χ4n) is 1.61. The van der Waals surface area contributed by atoms with Gasteiger partial charge in [-0.15, -0.1) is 0 Å². The Morgan fingerprint density at radius 3 is 2.72 bits per heavy atom. The third-order valence-corrected chi connectivity index (χ3v) is 3.24. The van der Waals surface area contributed by atoms with Crippen molar-refractivity contribution in [3.05, 3.63) is 39.9 Å². The van der Waals surface area contributed by atoms with Gasteiger partial charge in [-0.2, -0.15) is 5.10 Å². The van der Waals surface area contributed by atoms with Crippen LogP contribution in [0.4, 0.5) is 0 Å². The molecule has 0 saturated heterocycles. The molecule has 0 aliphatic carbocycles. The Bertz CT molecular complexity index is 537. The minimum atomic E-state index is 0.358. The minimum absolute atomic E-state index is 0.358. The molecular formula is C12H13Cl2N3O. The Morgan fingerprint density at radius 1 is 1.33 bits per heavy atom. The van der Waals surface area contributed by atoms with Crippen LogP contribution in [-0.4, -0.2) is 14.8 Å². The molecule has 0 spiro atoms. The molecule has 4 nitrogen and oxygen atoms in total. The van der Waals surface area contributed by atoms with Gasteiger partial charge in [0.1, 0.15) is 17.5 Å². The Balaban J connectivity index is 2.12. The molecule has 6 heteroatoms. The van der Waals surface area contributed by atoms with Crippen LogP contribution < -0.4 is 4.74 Å². The normalized spacial score (nSPS) is 10.7. The summed E-state index contributed by atoms with van der Waals surface area (Å²) >= 11 is 11.9. The summed E-state index contributed by atoms with van der Waals surface area (Å²) in [6.07, 6.45) is 1.58. The highest BCUT2D eigenvalue weighted by Crippen LogP contribution is 2.22. The smallest absolute Gasteiger partial charge is 0.138 e. The second kappa shape index (κ2) is 5.59. The van der Waals surface area contributed by atoms with E-state index in [1.165, 1.54) is 0 Å². The average Bonchev–Trinajstić information content (AvgIpc) is 2.65. The zero-order valence-electron chi connectivity index (χ0n) is 10.2. The summed E-state index contributed by atoms with van der Waals surface area (Å²) in [4.78, 5) is 3.95. The van der Waals surface area contributed by atoms with Crippen molar-refractivity contribution in [1.29, 1.82) is 0 Å². The van der Waals surface area contributed by atoms with Gasteiger partial charge in [0.2, 0.25) is 0 Å². The first kappa shape index (κ1) is 13.2. The molecule has 2 heterocycles. The average molecular weight is 286 g/mol. The third kappa shape index (κ3) is 2.76. The lowest BCUT2D eigenvalue weighted by Crippen LogP contribution is -2.06. The van der Waals surface area contributed by atoms with Crippen LogP contribution in [0.25, 0.3) is 0 Å². The van der Waals surface area contributed by atoms with E-state index >= 15 is 0 Å². The van der Waals surface area contributed by atoms with E-state index in [0.717, 1.165) is 17.9 Å². The SMILES string of the molecule is CCn1nc(C)c(Cl)c1COc1ccc(Cl)nc1. The summed E-state index contributed by atoms with van der Waals surface area (Å²) in [7, 11) is 0. The van der Waals surface area contributed by atoms with Crippen LogP contribution in [0.15, 0.2) is 18.3 Å². The summed E-state index contributed by atoms with van der Waals surface area (Å²) < 4.78 is 7.45. The number of hydrogen-bond donors (Lipinski definition) is 0. The van der Waals surface area contributed by atoms with Crippen LogP contribution in [0, 0.1) is 6.92 Å². The molecule has 0 N–H and O–H groups in total. The second-order valence-electron chi connectivity index (χ2n) is 3.77. The molecule has 96 valence electrons. The van der Waals surface area contributed by atoms with Gasteiger partial charge < -0.3 is 4.74 Å². The van der Waals surface area contributed by atoms with Gasteiger partial charge in [-0.1, -0.05) is 23.2 Å². The largest absolute Gasteiger partial charge is 0.486 e. The van der Waals surface area contributed by atoms with Gasteiger partial charge in [-0.3, -0.25) is 4.68 Å². The van der Waals surface area contributed by atoms with E-state index < -0.39 is 0 Å². The van der Waals surface area contributed by atoms with E-state index in [9.17, 15) is 0 Å². The predicted octanol–water partition coefficient (Wildman–Crippen LogP) is 3.49. The Labute approximate surface area is 115 Å². The van der Waals surface area contributed by atoms with Crippen molar-refractivity contribution in [3.8, 4) is 5.75 Å². The van der Waals surface area contributed by atoms with Crippen LogP contribution in [-0.2, 0) is 13.2 Å². The Kier molecular flexibility index (Phi) is 4.09. The van der Waals surface area contributed by atoms with E-state index in [1.807, 2.05) is 18.5 Å². The summed E-state index contributed by atoms with van der Waals surface area (Å²) in [5.74, 6) is 0.650. The quantitative estimate of drug-likeness (QED) is 0.808. The highest BCUT2D eigenvalue weighted by atomic mass is 35.5. The zero-order valence-corrected chi connectivity index (χ0v) is 11.7. The maximum Gasteiger partial charge on any atom is 0.138 e. The molecule has 2 rings (SSSR count). The Hall–Kier alpha value is -1.26. The van der Waals surface area contributed by atoms with Gasteiger partial charge in [-0.25, -0.2) is 4.98 Å². The first-order valence-electron chi connectivity index (χ1n) is 5.58. The van der Waals surface area contributed by atoms with Crippen molar-refractivity contribution in [2.45, 2.75) is 27.0 Å². The molecule has 0 aliphatic rings. The van der Waals surface area contributed by atoms with Gasteiger partial charge in [0.15, 0.2) is 0 Å². The van der Waals surface area contributed by atoms with Gasteiger partial charge >= 0.3 is 0 Å². The number of halogens is 2. The lowest BCUT2D eigenvalue weighted by Gasteiger charge is -2.08. The first-order chi connectivity index (χ1) is 8.61.